The van der Waals surface area contributed by atoms with Gasteiger partial charge < -0.3 is 20.2 Å². The van der Waals surface area contributed by atoms with Gasteiger partial charge in [0, 0.05) is 13.1 Å². The number of rotatable bonds is 7. The van der Waals surface area contributed by atoms with Crippen LogP contribution < -0.4 is 10.6 Å². The Balaban J connectivity index is 1.74. The molecule has 2 amide bonds. The van der Waals surface area contributed by atoms with Gasteiger partial charge in [0.15, 0.2) is 0 Å². The van der Waals surface area contributed by atoms with Crippen molar-refractivity contribution in [2.24, 2.45) is 0 Å². The minimum absolute atomic E-state index is 0.0122. The first-order chi connectivity index (χ1) is 11.1. The number of phenolic OH excluding ortho intramolecular Hbond substituents is 1. The summed E-state index contributed by atoms with van der Waals surface area (Å²) in [4.78, 5) is 13.9. The number of hydrogen-bond acceptors (Lipinski definition) is 4. The van der Waals surface area contributed by atoms with Gasteiger partial charge in [-0.3, -0.25) is 4.90 Å². The average molecular weight is 317 g/mol. The van der Waals surface area contributed by atoms with E-state index in [1.54, 1.807) is 24.5 Å². The maximum Gasteiger partial charge on any atom is 0.314 e. The monoisotopic (exact) mass is 317 g/mol. The highest BCUT2D eigenvalue weighted by atomic mass is 16.3. The predicted octanol–water partition coefficient (Wildman–Crippen LogP) is 2.13. The molecule has 3 N–H and O–H groups in total. The van der Waals surface area contributed by atoms with E-state index in [0.717, 1.165) is 11.3 Å². The van der Waals surface area contributed by atoms with Crippen LogP contribution in [0, 0.1) is 0 Å². The van der Waals surface area contributed by atoms with Crippen molar-refractivity contribution in [3.05, 3.63) is 54.0 Å². The van der Waals surface area contributed by atoms with Crippen molar-refractivity contribution in [3.8, 4) is 5.75 Å². The van der Waals surface area contributed by atoms with E-state index in [4.69, 9.17) is 4.42 Å². The van der Waals surface area contributed by atoms with Crippen LogP contribution >= 0.6 is 0 Å². The van der Waals surface area contributed by atoms with Crippen LogP contribution in [0.3, 0.4) is 0 Å². The number of phenols is 1. The zero-order valence-electron chi connectivity index (χ0n) is 13.5. The lowest BCUT2D eigenvalue weighted by Gasteiger charge is -2.22. The number of nitrogens with zero attached hydrogens (tertiary/aromatic N) is 1. The van der Waals surface area contributed by atoms with Crippen LogP contribution in [-0.2, 0) is 6.42 Å². The Bertz CT molecular complexity index is 611. The Kier molecular flexibility index (Phi) is 6.05. The molecule has 1 aromatic heterocycles. The summed E-state index contributed by atoms with van der Waals surface area (Å²) in [5.41, 5.74) is 0.979. The maximum absolute atomic E-state index is 11.9. The third-order valence-corrected chi connectivity index (χ3v) is 3.56. The third-order valence-electron chi connectivity index (χ3n) is 3.56. The largest absolute Gasteiger partial charge is 0.508 e. The fraction of sp³-hybridized carbons (Fsp3) is 0.353. The standard InChI is InChI=1S/C17H23N3O3/c1-20(2)15(16-7-4-10-23-16)12-19-17(22)18-9-8-13-5-3-6-14(21)11-13/h3-7,10-11,15,21H,8-9,12H2,1-2H3,(H2,18,19,22)/t15-/m1/s1. The molecule has 0 radical (unpaired) electrons. The SMILES string of the molecule is CN(C)[C@H](CNC(=O)NCCc1cccc(O)c1)c1ccco1. The second-order valence-electron chi connectivity index (χ2n) is 5.55. The molecule has 6 nitrogen and oxygen atoms in total. The zero-order valence-corrected chi connectivity index (χ0v) is 13.5. The minimum atomic E-state index is -0.219. The first-order valence-corrected chi connectivity index (χ1v) is 7.55. The van der Waals surface area contributed by atoms with E-state index in [9.17, 15) is 9.90 Å². The number of hydrogen-bond donors (Lipinski definition) is 3. The van der Waals surface area contributed by atoms with Crippen molar-refractivity contribution in [3.63, 3.8) is 0 Å². The van der Waals surface area contributed by atoms with E-state index in [0.29, 0.717) is 19.5 Å². The van der Waals surface area contributed by atoms with Crippen molar-refractivity contribution >= 4 is 6.03 Å². The highest BCUT2D eigenvalue weighted by molar-refractivity contribution is 5.73. The minimum Gasteiger partial charge on any atom is -0.508 e. The molecule has 23 heavy (non-hydrogen) atoms. The summed E-state index contributed by atoms with van der Waals surface area (Å²) in [5.74, 6) is 1.05. The summed E-state index contributed by atoms with van der Waals surface area (Å²) in [7, 11) is 3.88. The van der Waals surface area contributed by atoms with Gasteiger partial charge in [-0.25, -0.2) is 4.79 Å². The van der Waals surface area contributed by atoms with Crippen LogP contribution in [0.5, 0.6) is 5.75 Å². The molecule has 2 rings (SSSR count). The molecule has 0 aliphatic heterocycles. The molecular weight excluding hydrogens is 294 g/mol. The van der Waals surface area contributed by atoms with Crippen LogP contribution in [0.1, 0.15) is 17.4 Å². The van der Waals surface area contributed by atoms with E-state index in [1.165, 1.54) is 0 Å². The second-order valence-corrected chi connectivity index (χ2v) is 5.55. The van der Waals surface area contributed by atoms with Gasteiger partial charge in [-0.2, -0.15) is 0 Å². The number of aromatic hydroxyl groups is 1. The average Bonchev–Trinajstić information content (AvgIpc) is 3.01. The summed E-state index contributed by atoms with van der Waals surface area (Å²) in [6.07, 6.45) is 2.29. The van der Waals surface area contributed by atoms with Gasteiger partial charge >= 0.3 is 6.03 Å². The third kappa shape index (κ3) is 5.34. The van der Waals surface area contributed by atoms with Crippen molar-refractivity contribution < 1.29 is 14.3 Å². The molecule has 0 fully saturated rings. The van der Waals surface area contributed by atoms with Crippen LogP contribution in [0.2, 0.25) is 0 Å². The summed E-state index contributed by atoms with van der Waals surface area (Å²) in [5, 5.41) is 15.1. The Labute approximate surface area is 136 Å². The Morgan fingerprint density at radius 1 is 1.26 bits per heavy atom. The lowest BCUT2D eigenvalue weighted by molar-refractivity contribution is 0.225. The van der Waals surface area contributed by atoms with E-state index >= 15 is 0 Å². The highest BCUT2D eigenvalue weighted by Crippen LogP contribution is 2.17. The predicted molar refractivity (Wildman–Crippen MR) is 88.3 cm³/mol. The molecule has 0 spiro atoms. The Morgan fingerprint density at radius 3 is 2.74 bits per heavy atom. The first-order valence-electron chi connectivity index (χ1n) is 7.55. The summed E-state index contributed by atoms with van der Waals surface area (Å²) >= 11 is 0. The topological polar surface area (TPSA) is 77.7 Å². The van der Waals surface area contributed by atoms with E-state index < -0.39 is 0 Å². The zero-order chi connectivity index (χ0) is 16.7. The summed E-state index contributed by atoms with van der Waals surface area (Å²) < 4.78 is 5.40. The van der Waals surface area contributed by atoms with Gasteiger partial charge in [0.2, 0.25) is 0 Å². The fourth-order valence-corrected chi connectivity index (χ4v) is 2.30. The molecule has 2 aromatic rings. The number of carbonyl (C=O) groups excluding carboxylic acids is 1. The molecule has 0 saturated heterocycles. The molecule has 1 atom stereocenters. The maximum atomic E-state index is 11.9. The summed E-state index contributed by atoms with van der Waals surface area (Å²) in [6, 6.07) is 10.5. The second kappa shape index (κ2) is 8.24. The fourth-order valence-electron chi connectivity index (χ4n) is 2.30. The number of furan rings is 1. The van der Waals surface area contributed by atoms with Crippen LogP contribution in [0.4, 0.5) is 4.79 Å². The van der Waals surface area contributed by atoms with Crippen molar-refractivity contribution in [1.29, 1.82) is 0 Å². The molecule has 0 bridgehead atoms. The normalized spacial score (nSPS) is 12.1. The summed E-state index contributed by atoms with van der Waals surface area (Å²) in [6.45, 7) is 0.959. The van der Waals surface area contributed by atoms with Gasteiger partial charge in [0.05, 0.1) is 12.3 Å². The van der Waals surface area contributed by atoms with Crippen molar-refractivity contribution in [1.82, 2.24) is 15.5 Å². The van der Waals surface area contributed by atoms with Crippen LogP contribution in [0.25, 0.3) is 0 Å². The molecule has 0 aliphatic rings. The lowest BCUT2D eigenvalue weighted by Crippen LogP contribution is -2.41. The highest BCUT2D eigenvalue weighted by Gasteiger charge is 2.17. The van der Waals surface area contributed by atoms with E-state index in [1.807, 2.05) is 37.2 Å². The van der Waals surface area contributed by atoms with Gasteiger partial charge in [-0.05, 0) is 50.3 Å². The van der Waals surface area contributed by atoms with E-state index in [-0.39, 0.29) is 17.8 Å². The smallest absolute Gasteiger partial charge is 0.314 e. The molecule has 6 heteroatoms. The Hall–Kier alpha value is -2.47. The molecule has 0 aliphatic carbocycles. The van der Waals surface area contributed by atoms with Crippen molar-refractivity contribution in [2.75, 3.05) is 27.2 Å². The molecule has 0 saturated carbocycles. The molecule has 1 heterocycles. The van der Waals surface area contributed by atoms with Crippen LogP contribution in [0.15, 0.2) is 47.1 Å². The molecule has 1 aromatic carbocycles. The van der Waals surface area contributed by atoms with E-state index in [2.05, 4.69) is 10.6 Å². The molecule has 124 valence electrons. The molecule has 0 unspecified atom stereocenters. The lowest BCUT2D eigenvalue weighted by atomic mass is 10.1. The van der Waals surface area contributed by atoms with Crippen LogP contribution in [-0.4, -0.2) is 43.2 Å². The van der Waals surface area contributed by atoms with Crippen molar-refractivity contribution in [2.45, 2.75) is 12.5 Å². The Morgan fingerprint density at radius 2 is 2.09 bits per heavy atom. The number of carbonyl (C=O) groups is 1. The number of benzene rings is 1. The van der Waals surface area contributed by atoms with Gasteiger partial charge in [0.1, 0.15) is 11.5 Å². The number of urea groups is 1. The number of nitrogens with one attached hydrogen (secondary N) is 2. The number of amides is 2. The van der Waals surface area contributed by atoms with Gasteiger partial charge in [0.25, 0.3) is 0 Å². The van der Waals surface area contributed by atoms with Gasteiger partial charge in [-0.1, -0.05) is 12.1 Å². The quantitative estimate of drug-likeness (QED) is 0.731. The molecular formula is C17H23N3O3. The van der Waals surface area contributed by atoms with Gasteiger partial charge in [-0.15, -0.1) is 0 Å². The first kappa shape index (κ1) is 16.9. The number of likely N-dealkylation sites (N-methyl/N-ethyl adjacent to an activating group) is 1.